The first kappa shape index (κ1) is 72.6. The average molecular weight is 1270 g/mol. The number of nitrogens with zero attached hydrogens (tertiary/aromatic N) is 1. The quantitative estimate of drug-likeness (QED) is 0.0289. The molecule has 2 saturated heterocycles. The van der Waals surface area contributed by atoms with E-state index < -0.39 is 157 Å². The molecule has 2 aromatic rings. The number of hydrogen-bond acceptors (Lipinski definition) is 17. The van der Waals surface area contributed by atoms with Gasteiger partial charge in [0, 0.05) is 25.8 Å². The van der Waals surface area contributed by atoms with Crippen molar-refractivity contribution < 1.29 is 77.3 Å². The molecule has 0 unspecified atom stereocenters. The number of likely N-dealkylation sites (tertiary alicyclic amines) is 1. The van der Waals surface area contributed by atoms with E-state index >= 15 is 0 Å². The van der Waals surface area contributed by atoms with E-state index in [0.717, 1.165) is 4.90 Å². The first-order valence-electron chi connectivity index (χ1n) is 29.3. The predicted molar refractivity (Wildman–Crippen MR) is 323 cm³/mol. The molecule has 2 heterocycles. The second-order valence-corrected chi connectivity index (χ2v) is 23.2. The van der Waals surface area contributed by atoms with E-state index in [0.29, 0.717) is 23.3 Å². The number of benzene rings is 2. The SMILES string of the molecule is CSCC[C@@H](NC(=O)[C@H](CC(C)C)NC(=O)CNC(=O)[C@H](Cc1ccc(O)cc1)NC(=O)[C@H](Cc1ccccc1)NC(=O)[C@H](CCCCN)NC(=O)[C@H](CC(N)=O)NC(=O)[C@@H]1CCCN1C(=O)[C@H](CC(=O)O)NC(=O)[C@H](C)NC(=O)[C@@H]1CCC(=O)N1)C(N)=O. The fourth-order valence-electron chi connectivity index (χ4n) is 9.79. The summed E-state index contributed by atoms with van der Waals surface area (Å²) in [5.41, 5.74) is 17.9. The number of aromatic hydroxyl groups is 1. The molecule has 0 bridgehead atoms. The Bertz CT molecular complexity index is 2850. The molecular formula is C58H84N14O16S. The summed E-state index contributed by atoms with van der Waals surface area (Å²) in [4.78, 5) is 188. The second-order valence-electron chi connectivity index (χ2n) is 22.2. The number of thioether (sulfide) groups is 1. The molecule has 4 rings (SSSR count). The molecule has 2 aliphatic rings. The van der Waals surface area contributed by atoms with Crippen LogP contribution in [0.1, 0.15) is 103 Å². The van der Waals surface area contributed by atoms with Crippen molar-refractivity contribution in [3.05, 3.63) is 65.7 Å². The third kappa shape index (κ3) is 24.7. The molecule has 2 aliphatic heterocycles. The number of primary amides is 2. The number of amides is 13. The third-order valence-corrected chi connectivity index (χ3v) is 15.1. The standard InChI is InChI=1S/C58H84N14O16S/c1-31(2)25-39(54(84)66-36(49(61)79)21-24-89-4)65-47(76)30-62-51(81)40(27-34-15-17-35(73)18-16-34)68-55(85)41(26-33-11-6-5-7-12-33)69-53(83)37(13-8-9-22-59)67-56(86)42(28-45(60)74)70-57(87)44-14-10-23-72(44)58(88)43(29-48(77)78)71-50(80)32(3)63-52(82)38-19-20-46(75)64-38/h5-7,11-12,15-18,31-32,36-44,73H,8-10,13-14,19-30,59H2,1-4H3,(H2,60,74)(H2,61,79)(H,62,81)(H,63,82)(H,64,75)(H,65,76)(H,66,84)(H,67,86)(H,68,85)(H,69,83)(H,70,87)(H,71,80)(H,77,78)/t32-,36+,37-,38-,39-,40-,41-,42-,43-,44-/m0/s1. The number of rotatable bonds is 37. The van der Waals surface area contributed by atoms with Gasteiger partial charge in [0.15, 0.2) is 0 Å². The summed E-state index contributed by atoms with van der Waals surface area (Å²) in [6.45, 7) is 4.28. The Morgan fingerprint density at radius 3 is 1.81 bits per heavy atom. The fourth-order valence-corrected chi connectivity index (χ4v) is 10.3. The van der Waals surface area contributed by atoms with E-state index in [1.807, 2.05) is 20.1 Å². The van der Waals surface area contributed by atoms with Crippen LogP contribution in [0.3, 0.4) is 0 Å². The van der Waals surface area contributed by atoms with Gasteiger partial charge in [-0.2, -0.15) is 11.8 Å². The van der Waals surface area contributed by atoms with Crippen LogP contribution in [0.4, 0.5) is 0 Å². The van der Waals surface area contributed by atoms with Crippen LogP contribution >= 0.6 is 11.8 Å². The number of carbonyl (C=O) groups excluding carboxylic acids is 13. The van der Waals surface area contributed by atoms with E-state index in [4.69, 9.17) is 17.2 Å². The molecule has 30 nitrogen and oxygen atoms in total. The summed E-state index contributed by atoms with van der Waals surface area (Å²) >= 11 is 1.44. The predicted octanol–water partition coefficient (Wildman–Crippen LogP) is -3.77. The molecular weight excluding hydrogens is 1180 g/mol. The van der Waals surface area contributed by atoms with Crippen LogP contribution in [0.5, 0.6) is 5.75 Å². The van der Waals surface area contributed by atoms with Crippen molar-refractivity contribution in [3.8, 4) is 5.75 Å². The van der Waals surface area contributed by atoms with E-state index in [1.165, 1.54) is 43.0 Å². The molecule has 13 amide bonds. The maximum Gasteiger partial charge on any atom is 0.305 e. The molecule has 10 atom stereocenters. The first-order chi connectivity index (χ1) is 42.2. The maximum absolute atomic E-state index is 14.6. The van der Waals surface area contributed by atoms with E-state index in [2.05, 4.69) is 53.2 Å². The number of nitrogens with two attached hydrogens (primary N) is 3. The zero-order chi connectivity index (χ0) is 65.9. The summed E-state index contributed by atoms with van der Waals surface area (Å²) in [5, 5.41) is 44.9. The van der Waals surface area contributed by atoms with Gasteiger partial charge in [0.2, 0.25) is 76.8 Å². The van der Waals surface area contributed by atoms with Crippen LogP contribution in [0.2, 0.25) is 0 Å². The number of unbranched alkanes of at least 4 members (excludes halogenated alkanes) is 1. The highest BCUT2D eigenvalue weighted by Gasteiger charge is 2.41. The van der Waals surface area contributed by atoms with Crippen molar-refractivity contribution in [2.75, 3.05) is 31.6 Å². The minimum atomic E-state index is -1.78. The van der Waals surface area contributed by atoms with Gasteiger partial charge in [-0.3, -0.25) is 67.1 Å². The average Bonchev–Trinajstić information content (AvgIpc) is 2.32. The van der Waals surface area contributed by atoms with Gasteiger partial charge in [-0.05, 0) is 106 Å². The molecule has 0 aromatic heterocycles. The van der Waals surface area contributed by atoms with Gasteiger partial charge < -0.3 is 85.5 Å². The number of phenolic OH excluding ortho intramolecular Hbond substituents is 1. The molecule has 0 aliphatic carbocycles. The zero-order valence-electron chi connectivity index (χ0n) is 50.3. The summed E-state index contributed by atoms with van der Waals surface area (Å²) in [6, 6.07) is 0.401. The highest BCUT2D eigenvalue weighted by molar-refractivity contribution is 7.98. The second kappa shape index (κ2) is 36.4. The largest absolute Gasteiger partial charge is 0.508 e. The van der Waals surface area contributed by atoms with Crippen LogP contribution in [0, 0.1) is 5.92 Å². The van der Waals surface area contributed by atoms with Crippen LogP contribution in [-0.2, 0) is 80.0 Å². The molecule has 31 heteroatoms. The lowest BCUT2D eigenvalue weighted by molar-refractivity contribution is -0.146. The number of carbonyl (C=O) groups is 14. The number of phenols is 1. The molecule has 2 aromatic carbocycles. The normalized spacial score (nSPS) is 17.1. The smallest absolute Gasteiger partial charge is 0.305 e. The fraction of sp³-hybridized carbons (Fsp3) is 0.552. The monoisotopic (exact) mass is 1260 g/mol. The van der Waals surface area contributed by atoms with Gasteiger partial charge in [-0.15, -0.1) is 0 Å². The number of nitrogens with one attached hydrogen (secondary N) is 10. The lowest BCUT2D eigenvalue weighted by Crippen LogP contribution is -2.60. The van der Waals surface area contributed by atoms with Crippen LogP contribution in [0.15, 0.2) is 54.6 Å². The summed E-state index contributed by atoms with van der Waals surface area (Å²) < 4.78 is 0. The van der Waals surface area contributed by atoms with Crippen LogP contribution in [-0.4, -0.2) is 190 Å². The van der Waals surface area contributed by atoms with Crippen molar-refractivity contribution in [2.45, 2.75) is 165 Å². The lowest BCUT2D eigenvalue weighted by Gasteiger charge is -2.30. The number of hydrogen-bond donors (Lipinski definition) is 15. The Labute approximate surface area is 519 Å². The molecule has 488 valence electrons. The minimum absolute atomic E-state index is 0.0174. The molecule has 0 spiro atoms. The number of aliphatic carboxylic acids is 1. The number of carboxylic acid groups (broad SMARTS) is 1. The van der Waals surface area contributed by atoms with Gasteiger partial charge in [0.25, 0.3) is 0 Å². The molecule has 18 N–H and O–H groups in total. The summed E-state index contributed by atoms with van der Waals surface area (Å²) in [6.07, 6.45) is 0.987. The Hall–Kier alpha value is -8.87. The van der Waals surface area contributed by atoms with E-state index in [9.17, 15) is 77.3 Å². The van der Waals surface area contributed by atoms with Gasteiger partial charge in [0.05, 0.1) is 19.4 Å². The zero-order valence-corrected chi connectivity index (χ0v) is 51.1. The van der Waals surface area contributed by atoms with Gasteiger partial charge >= 0.3 is 5.97 Å². The molecule has 0 saturated carbocycles. The summed E-state index contributed by atoms with van der Waals surface area (Å²) in [5.74, 6) is -12.3. The first-order valence-corrected chi connectivity index (χ1v) is 30.7. The summed E-state index contributed by atoms with van der Waals surface area (Å²) in [7, 11) is 0. The third-order valence-electron chi connectivity index (χ3n) is 14.5. The highest BCUT2D eigenvalue weighted by atomic mass is 32.2. The molecule has 0 radical (unpaired) electrons. The van der Waals surface area contributed by atoms with Gasteiger partial charge in [0.1, 0.15) is 66.2 Å². The van der Waals surface area contributed by atoms with Crippen molar-refractivity contribution in [1.82, 2.24) is 58.1 Å². The Morgan fingerprint density at radius 1 is 0.640 bits per heavy atom. The maximum atomic E-state index is 14.6. The van der Waals surface area contributed by atoms with Crippen molar-refractivity contribution >= 4 is 94.5 Å². The van der Waals surface area contributed by atoms with E-state index in [-0.39, 0.29) is 94.9 Å². The molecule has 89 heavy (non-hydrogen) atoms. The Balaban J connectivity index is 1.55. The van der Waals surface area contributed by atoms with Crippen LogP contribution in [0.25, 0.3) is 0 Å². The van der Waals surface area contributed by atoms with E-state index in [1.54, 1.807) is 30.3 Å². The Kier molecular flexibility index (Phi) is 29.7. The van der Waals surface area contributed by atoms with Gasteiger partial charge in [-0.1, -0.05) is 56.3 Å². The van der Waals surface area contributed by atoms with Gasteiger partial charge in [-0.25, -0.2) is 0 Å². The van der Waals surface area contributed by atoms with Crippen molar-refractivity contribution in [3.63, 3.8) is 0 Å². The topological polar surface area (TPSA) is 481 Å². The lowest BCUT2D eigenvalue weighted by atomic mass is 10.0. The van der Waals surface area contributed by atoms with Crippen LogP contribution < -0.4 is 70.4 Å². The van der Waals surface area contributed by atoms with Crippen molar-refractivity contribution in [2.24, 2.45) is 23.1 Å². The Morgan fingerprint density at radius 2 is 1.22 bits per heavy atom. The highest BCUT2D eigenvalue weighted by Crippen LogP contribution is 2.21. The minimum Gasteiger partial charge on any atom is -0.508 e. The number of carboxylic acids is 1. The van der Waals surface area contributed by atoms with Crippen molar-refractivity contribution in [1.29, 1.82) is 0 Å². The molecule has 2 fully saturated rings.